The number of fused-ring (bicyclic) bond motifs is 2. The van der Waals surface area contributed by atoms with Crippen LogP contribution in [0.5, 0.6) is 0 Å². The molecule has 0 saturated heterocycles. The number of unbranched alkanes of at least 4 members (excludes halogenated alkanes) is 2. The number of nitrogens with zero attached hydrogens (tertiary/aromatic N) is 2. The zero-order chi connectivity index (χ0) is 27.4. The second kappa shape index (κ2) is 11.5. The number of carbonyl (C=O) groups is 2. The molecule has 1 heterocycles. The van der Waals surface area contributed by atoms with Gasteiger partial charge in [0.25, 0.3) is 5.91 Å². The van der Waals surface area contributed by atoms with Crippen LogP contribution in [0.25, 0.3) is 33.4 Å². The maximum Gasteiger partial charge on any atom is 0.336 e. The van der Waals surface area contributed by atoms with Gasteiger partial charge in [-0.1, -0.05) is 12.5 Å². The summed E-state index contributed by atoms with van der Waals surface area (Å²) >= 11 is 0. The lowest BCUT2D eigenvalue weighted by Gasteiger charge is -2.19. The van der Waals surface area contributed by atoms with E-state index in [9.17, 15) is 14.7 Å². The van der Waals surface area contributed by atoms with Crippen LogP contribution in [0, 0.1) is 0 Å². The van der Waals surface area contributed by atoms with Crippen molar-refractivity contribution in [2.75, 3.05) is 46.2 Å². The second-order valence-electron chi connectivity index (χ2n) is 9.80. The van der Waals surface area contributed by atoms with Gasteiger partial charge in [0.15, 0.2) is 0 Å². The van der Waals surface area contributed by atoms with Crippen LogP contribution in [0.1, 0.15) is 40.0 Å². The summed E-state index contributed by atoms with van der Waals surface area (Å²) in [4.78, 5) is 27.2. The third-order valence-corrected chi connectivity index (χ3v) is 6.67. The summed E-state index contributed by atoms with van der Waals surface area (Å²) in [5, 5.41) is 14.8. The van der Waals surface area contributed by atoms with Gasteiger partial charge in [-0.25, -0.2) is 9.37 Å². The van der Waals surface area contributed by atoms with E-state index < -0.39 is 5.97 Å². The van der Waals surface area contributed by atoms with Crippen molar-refractivity contribution in [3.8, 4) is 22.5 Å². The highest BCUT2D eigenvalue weighted by atomic mass is 16.4. The largest absolute Gasteiger partial charge is 0.478 e. The normalized spacial score (nSPS) is 11.1. The molecule has 198 valence electrons. The van der Waals surface area contributed by atoms with Crippen molar-refractivity contribution in [3.05, 3.63) is 71.1 Å². The summed E-state index contributed by atoms with van der Waals surface area (Å²) in [5.74, 6) is -0.754. The molecule has 2 aromatic rings. The fourth-order valence-electron chi connectivity index (χ4n) is 4.54. The molecule has 0 saturated carbocycles. The molecule has 0 fully saturated rings. The number of carbonyl (C=O) groups excluding carboxylic acids is 1. The zero-order valence-electron chi connectivity index (χ0n) is 22.4. The second-order valence-corrected chi connectivity index (χ2v) is 9.80. The van der Waals surface area contributed by atoms with Crippen LogP contribution in [-0.2, 0) is 0 Å². The summed E-state index contributed by atoms with van der Waals surface area (Å²) in [7, 11) is 7.82. The van der Waals surface area contributed by atoms with Gasteiger partial charge in [0.05, 0.1) is 11.6 Å². The smallest absolute Gasteiger partial charge is 0.336 e. The number of aromatic carboxylic acids is 1. The van der Waals surface area contributed by atoms with Gasteiger partial charge in [-0.15, -0.1) is 0 Å². The van der Waals surface area contributed by atoms with Crippen molar-refractivity contribution >= 4 is 28.5 Å². The Bertz CT molecular complexity index is 1530. The maximum atomic E-state index is 12.8. The van der Waals surface area contributed by atoms with Crippen LogP contribution in [0.2, 0.25) is 0 Å². The lowest BCUT2D eigenvalue weighted by Crippen LogP contribution is -2.25. The van der Waals surface area contributed by atoms with Gasteiger partial charge in [-0.3, -0.25) is 4.79 Å². The Labute approximate surface area is 222 Å². The molecule has 8 nitrogen and oxygen atoms in total. The van der Waals surface area contributed by atoms with Crippen molar-refractivity contribution < 1.29 is 19.1 Å². The molecular formula is C30H35N4O4+. The monoisotopic (exact) mass is 515 g/mol. The molecule has 2 aromatic carbocycles. The highest BCUT2D eigenvalue weighted by molar-refractivity contribution is 6.09. The molecule has 4 rings (SSSR count). The van der Waals surface area contributed by atoms with Crippen LogP contribution in [-0.4, -0.2) is 58.3 Å². The molecule has 0 spiro atoms. The summed E-state index contributed by atoms with van der Waals surface area (Å²) in [6.45, 7) is 1.14. The molecule has 1 aliphatic carbocycles. The van der Waals surface area contributed by atoms with E-state index in [-0.39, 0.29) is 11.5 Å². The number of carboxylic acids is 1. The van der Waals surface area contributed by atoms with E-state index in [4.69, 9.17) is 10.2 Å². The molecule has 0 bridgehead atoms. The van der Waals surface area contributed by atoms with Gasteiger partial charge in [0, 0.05) is 60.5 Å². The highest BCUT2D eigenvalue weighted by Gasteiger charge is 2.23. The summed E-state index contributed by atoms with van der Waals surface area (Å²) in [6.07, 6.45) is 2.66. The molecule has 1 amide bonds. The summed E-state index contributed by atoms with van der Waals surface area (Å²) in [5.41, 5.74) is 9.57. The average Bonchev–Trinajstić information content (AvgIpc) is 2.90. The number of anilines is 1. The first kappa shape index (κ1) is 26.9. The topological polar surface area (TPSA) is 112 Å². The minimum Gasteiger partial charge on any atom is -0.478 e. The highest BCUT2D eigenvalue weighted by Crippen LogP contribution is 2.42. The van der Waals surface area contributed by atoms with Gasteiger partial charge in [0.1, 0.15) is 25.4 Å². The summed E-state index contributed by atoms with van der Waals surface area (Å²) < 4.78 is 8.34. The number of nitrogens with one attached hydrogen (secondary N) is 1. The number of amides is 1. The molecule has 38 heavy (non-hydrogen) atoms. The molecule has 2 aliphatic rings. The molecule has 8 heteroatoms. The van der Waals surface area contributed by atoms with Crippen molar-refractivity contribution in [1.29, 1.82) is 0 Å². The first-order chi connectivity index (χ1) is 18.2. The molecule has 0 atom stereocenters. The first-order valence-electron chi connectivity index (χ1n) is 12.8. The number of nitrogens with two attached hydrogens (primary N) is 1. The SMILES string of the molecule is CN(C)c1ccc2c(-c3ccc(C(=O)NCCCCCN)cc3C(=O)O)c3ccc(=[N+](C)C)cc-3oc2c1. The fraction of sp³-hybridized carbons (Fsp3) is 0.300. The molecule has 1 aliphatic heterocycles. The zero-order valence-corrected chi connectivity index (χ0v) is 22.4. The molecule has 0 aromatic heterocycles. The Balaban J connectivity index is 1.89. The van der Waals surface area contributed by atoms with Crippen molar-refractivity contribution in [3.63, 3.8) is 0 Å². The Morgan fingerprint density at radius 3 is 2.42 bits per heavy atom. The Morgan fingerprint density at radius 2 is 1.74 bits per heavy atom. The third-order valence-electron chi connectivity index (χ3n) is 6.67. The lowest BCUT2D eigenvalue weighted by atomic mass is 9.89. The number of hydrogen-bond donors (Lipinski definition) is 3. The minimum atomic E-state index is -1.10. The quantitative estimate of drug-likeness (QED) is 0.177. The maximum absolute atomic E-state index is 12.8. The lowest BCUT2D eigenvalue weighted by molar-refractivity contribution is 0.0697. The molecule has 0 unspecified atom stereocenters. The third kappa shape index (κ3) is 5.55. The van der Waals surface area contributed by atoms with E-state index in [2.05, 4.69) is 5.32 Å². The van der Waals surface area contributed by atoms with E-state index in [0.29, 0.717) is 35.6 Å². The van der Waals surface area contributed by atoms with Gasteiger partial charge < -0.3 is 25.5 Å². The van der Waals surface area contributed by atoms with Crippen LogP contribution in [0.4, 0.5) is 5.69 Å². The molecular weight excluding hydrogens is 480 g/mol. The Kier molecular flexibility index (Phi) is 8.12. The molecule has 0 radical (unpaired) electrons. The summed E-state index contributed by atoms with van der Waals surface area (Å²) in [6, 6.07) is 16.6. The number of hydrogen-bond acceptors (Lipinski definition) is 5. The number of benzene rings is 3. The van der Waals surface area contributed by atoms with Crippen LogP contribution in [0.3, 0.4) is 0 Å². The predicted octanol–water partition coefficient (Wildman–Crippen LogP) is 3.86. The number of carboxylic acid groups (broad SMARTS) is 1. The van der Waals surface area contributed by atoms with E-state index in [0.717, 1.165) is 46.8 Å². The van der Waals surface area contributed by atoms with E-state index in [1.807, 2.05) is 74.1 Å². The predicted molar refractivity (Wildman–Crippen MR) is 152 cm³/mol. The molecule has 4 N–H and O–H groups in total. The van der Waals surface area contributed by atoms with Crippen LogP contribution < -0.4 is 25.9 Å². The van der Waals surface area contributed by atoms with Crippen molar-refractivity contribution in [1.82, 2.24) is 9.89 Å². The average molecular weight is 516 g/mol. The van der Waals surface area contributed by atoms with E-state index >= 15 is 0 Å². The standard InChI is InChI=1S/C30H34N4O4/c1-33(2)20-9-12-23-26(17-20)38-27-18-21(34(3)4)10-13-24(27)28(23)22-11-8-19(16-25(22)30(36)37)29(35)32-15-7-5-6-14-31/h8-13,16-18H,5-7,14-15,31H2,1-4H3,(H-,32,35,36,37)/p+1. The van der Waals surface area contributed by atoms with Gasteiger partial charge >= 0.3 is 5.97 Å². The fourth-order valence-corrected chi connectivity index (χ4v) is 4.54. The van der Waals surface area contributed by atoms with Gasteiger partial charge in [-0.05, 0) is 55.3 Å². The van der Waals surface area contributed by atoms with E-state index in [1.54, 1.807) is 12.1 Å². The van der Waals surface area contributed by atoms with Crippen molar-refractivity contribution in [2.45, 2.75) is 19.3 Å². The Hall–Kier alpha value is -4.17. The number of rotatable bonds is 9. The minimum absolute atomic E-state index is 0.0583. The van der Waals surface area contributed by atoms with E-state index in [1.165, 1.54) is 6.07 Å². The van der Waals surface area contributed by atoms with Crippen molar-refractivity contribution in [2.24, 2.45) is 5.73 Å². The van der Waals surface area contributed by atoms with Crippen LogP contribution in [0.15, 0.2) is 59.0 Å². The van der Waals surface area contributed by atoms with Gasteiger partial charge in [-0.2, -0.15) is 0 Å². The van der Waals surface area contributed by atoms with Crippen LogP contribution >= 0.6 is 0 Å². The van der Waals surface area contributed by atoms with Gasteiger partial charge in [0.2, 0.25) is 5.36 Å². The Morgan fingerprint density at radius 1 is 0.974 bits per heavy atom. The first-order valence-corrected chi connectivity index (χ1v) is 12.8.